The van der Waals surface area contributed by atoms with E-state index in [9.17, 15) is 13.2 Å². The first kappa shape index (κ1) is 20.2. The van der Waals surface area contributed by atoms with Crippen molar-refractivity contribution in [2.24, 2.45) is 0 Å². The van der Waals surface area contributed by atoms with Crippen LogP contribution >= 0.6 is 11.6 Å². The van der Waals surface area contributed by atoms with Gasteiger partial charge in [0, 0.05) is 36.4 Å². The molecule has 1 aromatic heterocycles. The van der Waals surface area contributed by atoms with Gasteiger partial charge in [0.2, 0.25) is 0 Å². The number of aromatic amines is 1. The molecule has 1 fully saturated rings. The second-order valence-corrected chi connectivity index (χ2v) is 7.54. The summed E-state index contributed by atoms with van der Waals surface area (Å²) in [6, 6.07) is 8.97. The Kier molecular flexibility index (Phi) is 6.44. The van der Waals surface area contributed by atoms with Gasteiger partial charge in [-0.3, -0.25) is 14.9 Å². The Bertz CT molecular complexity index is 741. The van der Waals surface area contributed by atoms with Crippen molar-refractivity contribution >= 4 is 11.6 Å². The number of nitrogens with zero attached hydrogens (tertiary/aromatic N) is 3. The van der Waals surface area contributed by atoms with Gasteiger partial charge in [-0.25, -0.2) is 0 Å². The third-order valence-electron chi connectivity index (χ3n) is 4.95. The third-order valence-corrected chi connectivity index (χ3v) is 5.32. The molecular weight excluding hydrogens is 377 g/mol. The van der Waals surface area contributed by atoms with E-state index in [2.05, 4.69) is 26.9 Å². The maximum Gasteiger partial charge on any atom is 0.435 e. The van der Waals surface area contributed by atoms with Crippen LogP contribution in [0.3, 0.4) is 0 Å². The SMILES string of the molecule is CC(CN(Cc1cc(C(F)(F)F)n[nH]1)Cc1ccccc1Cl)N1CCCC1. The van der Waals surface area contributed by atoms with E-state index in [4.69, 9.17) is 11.6 Å². The summed E-state index contributed by atoms with van der Waals surface area (Å²) in [5.41, 5.74) is 0.522. The Morgan fingerprint density at radius 1 is 1.22 bits per heavy atom. The minimum atomic E-state index is -4.44. The van der Waals surface area contributed by atoms with Crippen LogP contribution in [-0.4, -0.2) is 45.7 Å². The molecule has 3 rings (SSSR count). The molecule has 0 aliphatic carbocycles. The molecule has 1 saturated heterocycles. The molecule has 1 aliphatic heterocycles. The summed E-state index contributed by atoms with van der Waals surface area (Å²) >= 11 is 6.29. The number of halogens is 4. The van der Waals surface area contributed by atoms with Gasteiger partial charge in [0.15, 0.2) is 5.69 Å². The second-order valence-electron chi connectivity index (χ2n) is 7.13. The molecule has 1 aromatic carbocycles. The van der Waals surface area contributed by atoms with Gasteiger partial charge in [0.1, 0.15) is 0 Å². The summed E-state index contributed by atoms with van der Waals surface area (Å²) in [7, 11) is 0. The number of likely N-dealkylation sites (tertiary alicyclic amines) is 1. The number of benzene rings is 1. The zero-order valence-electron chi connectivity index (χ0n) is 15.3. The molecule has 0 bridgehead atoms. The molecule has 1 aliphatic rings. The van der Waals surface area contributed by atoms with Crippen molar-refractivity contribution in [3.05, 3.63) is 52.3 Å². The van der Waals surface area contributed by atoms with E-state index in [0.29, 0.717) is 29.8 Å². The molecule has 4 nitrogen and oxygen atoms in total. The van der Waals surface area contributed by atoms with Crippen molar-refractivity contribution in [3.63, 3.8) is 0 Å². The highest BCUT2D eigenvalue weighted by Gasteiger charge is 2.34. The van der Waals surface area contributed by atoms with E-state index in [1.807, 2.05) is 24.3 Å². The molecule has 1 N–H and O–H groups in total. The monoisotopic (exact) mass is 400 g/mol. The lowest BCUT2D eigenvalue weighted by molar-refractivity contribution is -0.141. The highest BCUT2D eigenvalue weighted by Crippen LogP contribution is 2.28. The normalized spacial score (nSPS) is 17.0. The van der Waals surface area contributed by atoms with Gasteiger partial charge in [-0.05, 0) is 50.6 Å². The third kappa shape index (κ3) is 5.46. The molecule has 0 radical (unpaired) electrons. The number of rotatable bonds is 7. The van der Waals surface area contributed by atoms with Crippen molar-refractivity contribution in [1.29, 1.82) is 0 Å². The standard InChI is InChI=1S/C19H24ClF3N4/c1-14(27-8-4-5-9-27)11-26(12-15-6-2-3-7-17(15)20)13-16-10-18(25-24-16)19(21,22)23/h2-3,6-7,10,14H,4-5,8-9,11-13H2,1H3,(H,24,25). The number of alkyl halides is 3. The van der Waals surface area contributed by atoms with Crippen LogP contribution in [0.2, 0.25) is 5.02 Å². The lowest BCUT2D eigenvalue weighted by Gasteiger charge is -2.30. The highest BCUT2D eigenvalue weighted by molar-refractivity contribution is 6.31. The lowest BCUT2D eigenvalue weighted by Crippen LogP contribution is -2.40. The van der Waals surface area contributed by atoms with Crippen LogP contribution in [-0.2, 0) is 19.3 Å². The molecular formula is C19H24ClF3N4. The Labute approximate surface area is 162 Å². The molecule has 27 heavy (non-hydrogen) atoms. The average molecular weight is 401 g/mol. The minimum Gasteiger partial charge on any atom is -0.299 e. The Morgan fingerprint density at radius 2 is 1.93 bits per heavy atom. The number of hydrogen-bond acceptors (Lipinski definition) is 3. The van der Waals surface area contributed by atoms with Crippen molar-refractivity contribution < 1.29 is 13.2 Å². The summed E-state index contributed by atoms with van der Waals surface area (Å²) in [4.78, 5) is 4.55. The summed E-state index contributed by atoms with van der Waals surface area (Å²) in [5.74, 6) is 0. The highest BCUT2D eigenvalue weighted by atomic mass is 35.5. The fourth-order valence-corrected chi connectivity index (χ4v) is 3.75. The zero-order chi connectivity index (χ0) is 19.4. The number of nitrogens with one attached hydrogen (secondary N) is 1. The largest absolute Gasteiger partial charge is 0.435 e. The molecule has 0 saturated carbocycles. The minimum absolute atomic E-state index is 0.319. The smallest absolute Gasteiger partial charge is 0.299 e. The second kappa shape index (κ2) is 8.63. The molecule has 0 amide bonds. The fraction of sp³-hybridized carbons (Fsp3) is 0.526. The van der Waals surface area contributed by atoms with Crippen molar-refractivity contribution in [3.8, 4) is 0 Å². The van der Waals surface area contributed by atoms with Gasteiger partial charge in [0.25, 0.3) is 0 Å². The van der Waals surface area contributed by atoms with Crippen LogP contribution in [0.1, 0.15) is 36.7 Å². The van der Waals surface area contributed by atoms with Crippen molar-refractivity contribution in [2.45, 2.75) is 45.1 Å². The van der Waals surface area contributed by atoms with Crippen LogP contribution in [0.5, 0.6) is 0 Å². The Balaban J connectivity index is 1.74. The van der Waals surface area contributed by atoms with Crippen LogP contribution in [0.4, 0.5) is 13.2 Å². The van der Waals surface area contributed by atoms with Gasteiger partial charge in [-0.2, -0.15) is 18.3 Å². The van der Waals surface area contributed by atoms with Gasteiger partial charge in [0.05, 0.1) is 0 Å². The average Bonchev–Trinajstić information content (AvgIpc) is 3.28. The lowest BCUT2D eigenvalue weighted by atomic mass is 10.1. The van der Waals surface area contributed by atoms with Crippen LogP contribution in [0, 0.1) is 0 Å². The van der Waals surface area contributed by atoms with Crippen molar-refractivity contribution in [1.82, 2.24) is 20.0 Å². The van der Waals surface area contributed by atoms with Crippen molar-refractivity contribution in [2.75, 3.05) is 19.6 Å². The van der Waals surface area contributed by atoms with E-state index < -0.39 is 11.9 Å². The van der Waals surface area contributed by atoms with Crippen LogP contribution in [0.25, 0.3) is 0 Å². The Morgan fingerprint density at radius 3 is 2.56 bits per heavy atom. The van der Waals surface area contributed by atoms with Gasteiger partial charge in [-0.15, -0.1) is 0 Å². The number of H-pyrrole nitrogens is 1. The molecule has 0 spiro atoms. The summed E-state index contributed by atoms with van der Waals surface area (Å²) in [6.07, 6.45) is -2.04. The van der Waals surface area contributed by atoms with Gasteiger partial charge < -0.3 is 0 Å². The summed E-state index contributed by atoms with van der Waals surface area (Å²) in [5, 5.41) is 6.60. The molecule has 2 heterocycles. The van der Waals surface area contributed by atoms with E-state index in [0.717, 1.165) is 31.3 Å². The number of aromatic nitrogens is 2. The van der Waals surface area contributed by atoms with Crippen LogP contribution in [0.15, 0.2) is 30.3 Å². The zero-order valence-corrected chi connectivity index (χ0v) is 16.0. The Hall–Kier alpha value is -1.57. The first-order chi connectivity index (χ1) is 12.8. The maximum atomic E-state index is 12.8. The molecule has 148 valence electrons. The molecule has 1 unspecified atom stereocenters. The first-order valence-electron chi connectivity index (χ1n) is 9.14. The van der Waals surface area contributed by atoms with Crippen LogP contribution < -0.4 is 0 Å². The van der Waals surface area contributed by atoms with E-state index >= 15 is 0 Å². The van der Waals surface area contributed by atoms with E-state index in [1.165, 1.54) is 12.8 Å². The number of hydrogen-bond donors (Lipinski definition) is 1. The summed E-state index contributed by atoms with van der Waals surface area (Å²) < 4.78 is 38.5. The van der Waals surface area contributed by atoms with Gasteiger partial charge >= 0.3 is 6.18 Å². The maximum absolute atomic E-state index is 12.8. The fourth-order valence-electron chi connectivity index (χ4n) is 3.55. The first-order valence-corrected chi connectivity index (χ1v) is 9.52. The molecule has 2 aromatic rings. The topological polar surface area (TPSA) is 35.2 Å². The molecule has 8 heteroatoms. The quantitative estimate of drug-likeness (QED) is 0.739. The van der Waals surface area contributed by atoms with Gasteiger partial charge in [-0.1, -0.05) is 29.8 Å². The molecule has 1 atom stereocenters. The summed E-state index contributed by atoms with van der Waals surface area (Å²) in [6.45, 7) is 5.97. The predicted octanol–water partition coefficient (Wildman–Crippen LogP) is 4.57. The predicted molar refractivity (Wildman–Crippen MR) is 99.4 cm³/mol. The van der Waals surface area contributed by atoms with E-state index in [-0.39, 0.29) is 0 Å². The van der Waals surface area contributed by atoms with E-state index in [1.54, 1.807) is 0 Å².